The lowest BCUT2D eigenvalue weighted by Crippen LogP contribution is -2.58. The average Bonchev–Trinajstić information content (AvgIpc) is 2.65. The number of nitrogens with two attached hydrogens (primary N) is 1. The molecular weight excluding hydrogens is 388 g/mol. The highest BCUT2D eigenvalue weighted by Crippen LogP contribution is 2.09. The maximum absolute atomic E-state index is 12.6. The second kappa shape index (κ2) is 12.7. The number of hydrogen-bond acceptors (Lipinski definition) is 7. The van der Waals surface area contributed by atoms with Crippen molar-refractivity contribution in [2.75, 3.05) is 6.54 Å². The van der Waals surface area contributed by atoms with Gasteiger partial charge in [0.05, 0.1) is 6.10 Å². The molecule has 0 heterocycles. The van der Waals surface area contributed by atoms with Gasteiger partial charge in [0.1, 0.15) is 24.7 Å². The second-order valence-corrected chi connectivity index (χ2v) is 6.74. The van der Waals surface area contributed by atoms with Crippen LogP contribution in [0.3, 0.4) is 0 Å². The molecule has 12 nitrogen and oxygen atoms in total. The second-order valence-electron chi connectivity index (χ2n) is 6.74. The molecule has 0 aliphatic rings. The van der Waals surface area contributed by atoms with Crippen LogP contribution in [0.5, 0.6) is 0 Å². The van der Waals surface area contributed by atoms with Crippen molar-refractivity contribution in [3.8, 4) is 0 Å². The fraction of sp³-hybridized carbons (Fsp3) is 0.706. The lowest BCUT2D eigenvalue weighted by atomic mass is 9.97. The van der Waals surface area contributed by atoms with Gasteiger partial charge >= 0.3 is 11.9 Å². The number of carbonyl (C=O) groups excluding carboxylic acids is 3. The van der Waals surface area contributed by atoms with Crippen LogP contribution in [0.1, 0.15) is 40.0 Å². The molecule has 12 heteroatoms. The van der Waals surface area contributed by atoms with Crippen LogP contribution in [0, 0.1) is 5.92 Å². The first-order chi connectivity index (χ1) is 13.4. The Bertz CT molecular complexity index is 610. The van der Waals surface area contributed by atoms with Gasteiger partial charge in [-0.25, -0.2) is 0 Å². The summed E-state index contributed by atoms with van der Waals surface area (Å²) in [6, 6.07) is -3.75. The molecule has 0 aromatic rings. The van der Waals surface area contributed by atoms with Crippen LogP contribution in [0.2, 0.25) is 0 Å². The van der Waals surface area contributed by atoms with Crippen molar-refractivity contribution in [1.29, 1.82) is 0 Å². The molecule has 0 spiro atoms. The van der Waals surface area contributed by atoms with Gasteiger partial charge in [0, 0.05) is 6.42 Å². The van der Waals surface area contributed by atoms with E-state index in [2.05, 4.69) is 16.0 Å². The first-order valence-electron chi connectivity index (χ1n) is 9.16. The SMILES string of the molecule is CCC(C)C(NC(=O)C(CCC(=O)O)NC(=O)C(N)C(C)O)C(=O)NCC(=O)O. The van der Waals surface area contributed by atoms with Crippen LogP contribution in [0.15, 0.2) is 0 Å². The summed E-state index contributed by atoms with van der Waals surface area (Å²) >= 11 is 0. The van der Waals surface area contributed by atoms with Gasteiger partial charge in [-0.3, -0.25) is 24.0 Å². The minimum absolute atomic E-state index is 0.274. The minimum atomic E-state index is -1.33. The molecule has 0 aliphatic carbocycles. The maximum atomic E-state index is 12.6. The molecule has 5 atom stereocenters. The third-order valence-corrected chi connectivity index (χ3v) is 4.31. The standard InChI is InChI=1S/C17H30N4O8/c1-4-8(2)14(17(29)19-7-12(25)26)21-15(27)10(5-6-11(23)24)20-16(28)13(18)9(3)22/h8-10,13-14,22H,4-7,18H2,1-3H3,(H,19,29)(H,20,28)(H,21,27)(H,23,24)(H,25,26). The molecule has 5 unspecified atom stereocenters. The molecule has 8 N–H and O–H groups in total. The normalized spacial score (nSPS) is 15.9. The van der Waals surface area contributed by atoms with Crippen LogP contribution < -0.4 is 21.7 Å². The zero-order valence-corrected chi connectivity index (χ0v) is 16.7. The number of carboxylic acids is 2. The molecule has 166 valence electrons. The lowest BCUT2D eigenvalue weighted by Gasteiger charge is -2.27. The van der Waals surface area contributed by atoms with E-state index in [0.717, 1.165) is 0 Å². The van der Waals surface area contributed by atoms with E-state index < -0.39 is 66.9 Å². The van der Waals surface area contributed by atoms with Gasteiger partial charge in [0.25, 0.3) is 0 Å². The number of carboxylic acid groups (broad SMARTS) is 2. The fourth-order valence-corrected chi connectivity index (χ4v) is 2.25. The van der Waals surface area contributed by atoms with Crippen molar-refractivity contribution < 1.29 is 39.3 Å². The Labute approximate surface area is 168 Å². The van der Waals surface area contributed by atoms with Crippen molar-refractivity contribution in [2.45, 2.75) is 64.3 Å². The number of aliphatic hydroxyl groups excluding tert-OH is 1. The van der Waals surface area contributed by atoms with Crippen LogP contribution in [0.25, 0.3) is 0 Å². The summed E-state index contributed by atoms with van der Waals surface area (Å²) in [5, 5.41) is 33.9. The van der Waals surface area contributed by atoms with Crippen molar-refractivity contribution >= 4 is 29.7 Å². The lowest BCUT2D eigenvalue weighted by molar-refractivity contribution is -0.139. The largest absolute Gasteiger partial charge is 0.481 e. The zero-order chi connectivity index (χ0) is 22.7. The predicted molar refractivity (Wildman–Crippen MR) is 100 cm³/mol. The molecule has 0 bridgehead atoms. The molecule has 0 aromatic heterocycles. The van der Waals surface area contributed by atoms with Crippen LogP contribution in [0.4, 0.5) is 0 Å². The number of rotatable bonds is 13. The number of nitrogens with one attached hydrogen (secondary N) is 3. The topological polar surface area (TPSA) is 208 Å². The molecule has 29 heavy (non-hydrogen) atoms. The van der Waals surface area contributed by atoms with Gasteiger partial charge in [-0.1, -0.05) is 20.3 Å². The van der Waals surface area contributed by atoms with E-state index in [9.17, 15) is 29.1 Å². The quantitative estimate of drug-likeness (QED) is 0.172. The summed E-state index contributed by atoms with van der Waals surface area (Å²) in [4.78, 5) is 58.5. The Morgan fingerprint density at radius 2 is 1.52 bits per heavy atom. The van der Waals surface area contributed by atoms with Gasteiger partial charge in [-0.2, -0.15) is 0 Å². The van der Waals surface area contributed by atoms with Gasteiger partial charge in [-0.15, -0.1) is 0 Å². The number of carbonyl (C=O) groups is 5. The summed E-state index contributed by atoms with van der Waals surface area (Å²) in [5.74, 6) is -5.24. The molecule has 0 radical (unpaired) electrons. The highest BCUT2D eigenvalue weighted by atomic mass is 16.4. The summed E-state index contributed by atoms with van der Waals surface area (Å²) in [6.45, 7) is 4.07. The van der Waals surface area contributed by atoms with Crippen molar-refractivity contribution in [2.24, 2.45) is 11.7 Å². The third-order valence-electron chi connectivity index (χ3n) is 4.31. The summed E-state index contributed by atoms with van der Waals surface area (Å²) in [7, 11) is 0. The zero-order valence-electron chi connectivity index (χ0n) is 16.7. The summed E-state index contributed by atoms with van der Waals surface area (Å²) in [5.41, 5.74) is 5.52. The van der Waals surface area contributed by atoms with E-state index in [1.54, 1.807) is 13.8 Å². The maximum Gasteiger partial charge on any atom is 0.322 e. The number of aliphatic carboxylic acids is 2. The van der Waals surface area contributed by atoms with Crippen molar-refractivity contribution in [1.82, 2.24) is 16.0 Å². The van der Waals surface area contributed by atoms with Gasteiger partial charge < -0.3 is 37.0 Å². The van der Waals surface area contributed by atoms with E-state index in [-0.39, 0.29) is 12.3 Å². The van der Waals surface area contributed by atoms with Gasteiger partial charge in [-0.05, 0) is 19.3 Å². The Morgan fingerprint density at radius 3 is 1.97 bits per heavy atom. The fourth-order valence-electron chi connectivity index (χ4n) is 2.25. The van der Waals surface area contributed by atoms with Crippen LogP contribution >= 0.6 is 0 Å². The van der Waals surface area contributed by atoms with E-state index in [1.807, 2.05) is 0 Å². The van der Waals surface area contributed by atoms with Crippen molar-refractivity contribution in [3.05, 3.63) is 0 Å². The molecule has 0 aliphatic heterocycles. The average molecular weight is 418 g/mol. The molecule has 0 saturated heterocycles. The van der Waals surface area contributed by atoms with Gasteiger partial charge in [0.2, 0.25) is 17.7 Å². The smallest absolute Gasteiger partial charge is 0.322 e. The summed E-state index contributed by atoms with van der Waals surface area (Å²) in [6.07, 6.45) is -1.44. The monoisotopic (exact) mass is 418 g/mol. The Balaban J connectivity index is 5.37. The van der Waals surface area contributed by atoms with E-state index in [1.165, 1.54) is 6.92 Å². The molecule has 0 aromatic carbocycles. The number of aliphatic hydroxyl groups is 1. The minimum Gasteiger partial charge on any atom is -0.481 e. The Kier molecular flexibility index (Phi) is 11.5. The van der Waals surface area contributed by atoms with Crippen LogP contribution in [-0.2, 0) is 24.0 Å². The van der Waals surface area contributed by atoms with E-state index in [4.69, 9.17) is 15.9 Å². The molecule has 0 rings (SSSR count). The summed E-state index contributed by atoms with van der Waals surface area (Å²) < 4.78 is 0. The number of amides is 3. The highest BCUT2D eigenvalue weighted by Gasteiger charge is 2.31. The molecule has 3 amide bonds. The predicted octanol–water partition coefficient (Wildman–Crippen LogP) is -2.22. The first-order valence-corrected chi connectivity index (χ1v) is 9.16. The Hall–Kier alpha value is -2.73. The van der Waals surface area contributed by atoms with E-state index in [0.29, 0.717) is 6.42 Å². The van der Waals surface area contributed by atoms with Crippen molar-refractivity contribution in [3.63, 3.8) is 0 Å². The molecule has 0 saturated carbocycles. The van der Waals surface area contributed by atoms with Gasteiger partial charge in [0.15, 0.2) is 0 Å². The number of hydrogen-bond donors (Lipinski definition) is 7. The Morgan fingerprint density at radius 1 is 0.931 bits per heavy atom. The highest BCUT2D eigenvalue weighted by molar-refractivity contribution is 5.94. The molecular formula is C17H30N4O8. The third kappa shape index (κ3) is 9.85. The van der Waals surface area contributed by atoms with E-state index >= 15 is 0 Å². The molecule has 0 fully saturated rings. The first kappa shape index (κ1) is 26.3. The van der Waals surface area contributed by atoms with Crippen LogP contribution in [-0.4, -0.2) is 75.8 Å².